The lowest BCUT2D eigenvalue weighted by molar-refractivity contribution is 0.407. The van der Waals surface area contributed by atoms with Gasteiger partial charge in [0.05, 0.1) is 0 Å². The van der Waals surface area contributed by atoms with E-state index >= 15 is 0 Å². The van der Waals surface area contributed by atoms with Gasteiger partial charge < -0.3 is 0 Å². The Hall–Kier alpha value is 0.0649. The lowest BCUT2D eigenvalue weighted by atomic mass is 9.24. The second-order valence-electron chi connectivity index (χ2n) is 6.81. The Morgan fingerprint density at radius 3 is 1.71 bits per heavy atom. The molecule has 0 aromatic rings. The van der Waals surface area contributed by atoms with E-state index in [2.05, 4.69) is 20.8 Å². The van der Waals surface area contributed by atoms with Crippen molar-refractivity contribution in [2.75, 3.05) is 0 Å². The van der Waals surface area contributed by atoms with Crippen molar-refractivity contribution in [1.82, 2.24) is 0 Å². The van der Waals surface area contributed by atoms with Crippen LogP contribution < -0.4 is 0 Å². The molecule has 2 aliphatic heterocycles. The average molecular weight is 192 g/mol. The molecule has 2 fully saturated rings. The standard InChI is InChI=1S/C13H25B/c1-13(2,3)10-14-11-6-4-7-12(14)9-5-8-11/h11-12H,4-10H2,1-3H3/t11-,12-. The fourth-order valence-corrected chi connectivity index (χ4v) is 3.85. The molecule has 0 saturated carbocycles. The van der Waals surface area contributed by atoms with E-state index in [-0.39, 0.29) is 0 Å². The van der Waals surface area contributed by atoms with Crippen molar-refractivity contribution in [2.24, 2.45) is 5.41 Å². The average Bonchev–Trinajstić information content (AvgIpc) is 1.99. The van der Waals surface area contributed by atoms with Crippen LogP contribution in [0.1, 0.15) is 59.3 Å². The number of fused-ring (bicyclic) bond motifs is 2. The zero-order chi connectivity index (χ0) is 10.2. The Balaban J connectivity index is 2.01. The third-order valence-corrected chi connectivity index (χ3v) is 4.36. The van der Waals surface area contributed by atoms with Gasteiger partial charge in [-0.1, -0.05) is 77.3 Å². The maximum Gasteiger partial charge on any atom is 0.146 e. The molecule has 0 aromatic heterocycles. The predicted molar refractivity (Wildman–Crippen MR) is 65.2 cm³/mol. The van der Waals surface area contributed by atoms with Crippen LogP contribution >= 0.6 is 0 Å². The van der Waals surface area contributed by atoms with Crippen LogP contribution in [-0.2, 0) is 0 Å². The highest BCUT2D eigenvalue weighted by atomic mass is 14.3. The van der Waals surface area contributed by atoms with E-state index in [1.165, 1.54) is 44.8 Å². The van der Waals surface area contributed by atoms with E-state index in [0.717, 1.165) is 18.3 Å². The molecule has 0 radical (unpaired) electrons. The lowest BCUT2D eigenvalue weighted by Gasteiger charge is -2.43. The zero-order valence-corrected chi connectivity index (χ0v) is 10.2. The molecule has 0 spiro atoms. The maximum absolute atomic E-state index is 2.41. The topological polar surface area (TPSA) is 0 Å². The van der Waals surface area contributed by atoms with Gasteiger partial charge in [-0.25, -0.2) is 0 Å². The Morgan fingerprint density at radius 1 is 0.929 bits per heavy atom. The Labute approximate surface area is 89.9 Å². The normalized spacial score (nSPS) is 33.2. The zero-order valence-electron chi connectivity index (χ0n) is 10.2. The van der Waals surface area contributed by atoms with Crippen LogP contribution in [0.4, 0.5) is 0 Å². The van der Waals surface area contributed by atoms with E-state index in [1.807, 2.05) is 0 Å². The molecule has 0 atom stereocenters. The smallest absolute Gasteiger partial charge is 0.0688 e. The van der Waals surface area contributed by atoms with Gasteiger partial charge in [-0.15, -0.1) is 0 Å². The molecule has 2 bridgehead atoms. The molecular weight excluding hydrogens is 167 g/mol. The van der Waals surface area contributed by atoms with Crippen LogP contribution in [0.25, 0.3) is 0 Å². The molecule has 2 aliphatic rings. The molecule has 2 saturated heterocycles. The summed E-state index contributed by atoms with van der Waals surface area (Å²) in [4.78, 5) is 0. The minimum atomic E-state index is 0.551. The lowest BCUT2D eigenvalue weighted by Crippen LogP contribution is -2.37. The molecule has 0 unspecified atom stereocenters. The Kier molecular flexibility index (Phi) is 2.95. The molecular formula is C13H25B. The van der Waals surface area contributed by atoms with Crippen LogP contribution in [0.2, 0.25) is 18.0 Å². The van der Waals surface area contributed by atoms with Crippen molar-refractivity contribution in [3.63, 3.8) is 0 Å². The highest BCUT2D eigenvalue weighted by Gasteiger charge is 2.40. The molecule has 0 amide bonds. The summed E-state index contributed by atoms with van der Waals surface area (Å²) >= 11 is 0. The second-order valence-corrected chi connectivity index (χ2v) is 6.81. The summed E-state index contributed by atoms with van der Waals surface area (Å²) in [5, 5.41) is 0. The van der Waals surface area contributed by atoms with Gasteiger partial charge in [0, 0.05) is 0 Å². The third-order valence-electron chi connectivity index (χ3n) is 4.36. The van der Waals surface area contributed by atoms with Gasteiger partial charge in [-0.3, -0.25) is 0 Å². The van der Waals surface area contributed by atoms with Gasteiger partial charge in [-0.2, -0.15) is 0 Å². The minimum Gasteiger partial charge on any atom is -0.0688 e. The van der Waals surface area contributed by atoms with E-state index in [4.69, 9.17) is 0 Å². The second kappa shape index (κ2) is 3.91. The maximum atomic E-state index is 2.41. The minimum absolute atomic E-state index is 0.551. The van der Waals surface area contributed by atoms with Crippen molar-refractivity contribution in [2.45, 2.75) is 77.3 Å². The molecule has 2 heterocycles. The van der Waals surface area contributed by atoms with Crippen LogP contribution in [0.15, 0.2) is 0 Å². The first kappa shape index (κ1) is 10.6. The molecule has 0 N–H and O–H groups in total. The van der Waals surface area contributed by atoms with Gasteiger partial charge in [-0.05, 0) is 5.41 Å². The SMILES string of the molecule is CC(C)(C)CB1[C@H]2CCC[C@H]1CCC2. The van der Waals surface area contributed by atoms with E-state index in [0.29, 0.717) is 5.41 Å². The predicted octanol–water partition coefficient (Wildman–Crippen LogP) is 4.64. The molecule has 1 heteroatoms. The highest BCUT2D eigenvalue weighted by Crippen LogP contribution is 2.49. The van der Waals surface area contributed by atoms with Crippen molar-refractivity contribution < 1.29 is 0 Å². The van der Waals surface area contributed by atoms with Crippen molar-refractivity contribution >= 4 is 6.71 Å². The number of rotatable bonds is 1. The summed E-state index contributed by atoms with van der Waals surface area (Å²) in [6.45, 7) is 8.32. The summed E-state index contributed by atoms with van der Waals surface area (Å²) < 4.78 is 0. The van der Waals surface area contributed by atoms with Crippen molar-refractivity contribution in [3.8, 4) is 0 Å². The van der Waals surface area contributed by atoms with Crippen molar-refractivity contribution in [3.05, 3.63) is 0 Å². The molecule has 0 nitrogen and oxygen atoms in total. The first-order chi connectivity index (χ1) is 6.56. The van der Waals surface area contributed by atoms with Crippen molar-refractivity contribution in [1.29, 1.82) is 0 Å². The summed E-state index contributed by atoms with van der Waals surface area (Å²) in [7, 11) is 0. The largest absolute Gasteiger partial charge is 0.146 e. The van der Waals surface area contributed by atoms with Gasteiger partial charge in [0.25, 0.3) is 0 Å². The molecule has 14 heavy (non-hydrogen) atoms. The van der Waals surface area contributed by atoms with Crippen LogP contribution in [0.3, 0.4) is 0 Å². The van der Waals surface area contributed by atoms with Gasteiger partial charge in [0.1, 0.15) is 6.71 Å². The van der Waals surface area contributed by atoms with Gasteiger partial charge in [0.15, 0.2) is 0 Å². The number of hydrogen-bond acceptors (Lipinski definition) is 0. The van der Waals surface area contributed by atoms with E-state index < -0.39 is 0 Å². The van der Waals surface area contributed by atoms with Gasteiger partial charge in [0.2, 0.25) is 0 Å². The molecule has 80 valence electrons. The Morgan fingerprint density at radius 2 is 1.36 bits per heavy atom. The molecule has 2 rings (SSSR count). The Bertz CT molecular complexity index is 170. The first-order valence-corrected chi connectivity index (χ1v) is 6.56. The van der Waals surface area contributed by atoms with E-state index in [9.17, 15) is 0 Å². The fourth-order valence-electron chi connectivity index (χ4n) is 3.85. The summed E-state index contributed by atoms with van der Waals surface area (Å²) in [5.41, 5.74) is 0.551. The third kappa shape index (κ3) is 2.35. The monoisotopic (exact) mass is 192 g/mol. The fraction of sp³-hybridized carbons (Fsp3) is 1.00. The van der Waals surface area contributed by atoms with Crippen LogP contribution in [0, 0.1) is 5.41 Å². The van der Waals surface area contributed by atoms with Crippen LogP contribution in [-0.4, -0.2) is 6.71 Å². The molecule has 0 aliphatic carbocycles. The summed E-state index contributed by atoms with van der Waals surface area (Å²) in [6.07, 6.45) is 10.7. The van der Waals surface area contributed by atoms with Crippen LogP contribution in [0.5, 0.6) is 0 Å². The van der Waals surface area contributed by atoms with Gasteiger partial charge >= 0.3 is 0 Å². The highest BCUT2D eigenvalue weighted by molar-refractivity contribution is 6.62. The van der Waals surface area contributed by atoms with E-state index in [1.54, 1.807) is 0 Å². The quantitative estimate of drug-likeness (QED) is 0.531. The summed E-state index contributed by atoms with van der Waals surface area (Å²) in [5.74, 6) is 2.20. The molecule has 0 aromatic carbocycles. The first-order valence-electron chi connectivity index (χ1n) is 6.56. The summed E-state index contributed by atoms with van der Waals surface area (Å²) in [6, 6.07) is 0. The number of hydrogen-bond donors (Lipinski definition) is 0.